The molecule has 0 aliphatic heterocycles. The second-order valence-electron chi connectivity index (χ2n) is 2.89. The van der Waals surface area contributed by atoms with Gasteiger partial charge in [-0.15, -0.1) is 0 Å². The molecule has 0 bridgehead atoms. The summed E-state index contributed by atoms with van der Waals surface area (Å²) in [6, 6.07) is 8.55. The summed E-state index contributed by atoms with van der Waals surface area (Å²) in [6.07, 6.45) is 4.14. The van der Waals surface area contributed by atoms with Crippen molar-refractivity contribution >= 4 is 5.97 Å². The van der Waals surface area contributed by atoms with E-state index in [2.05, 4.69) is 14.9 Å². The molecule has 1 aromatic carbocycles. The lowest BCUT2D eigenvalue weighted by Gasteiger charge is -2.02. The third kappa shape index (κ3) is 2.54. The largest absolute Gasteiger partial charge is 0.386 e. The van der Waals surface area contributed by atoms with Crippen LogP contribution < -0.4 is 4.89 Å². The molecular weight excluding hydrogens is 208 g/mol. The molecule has 5 nitrogen and oxygen atoms in total. The maximum Gasteiger partial charge on any atom is 0.386 e. The van der Waals surface area contributed by atoms with Gasteiger partial charge in [-0.2, -0.15) is 0 Å². The van der Waals surface area contributed by atoms with Gasteiger partial charge in [-0.25, -0.2) is 19.7 Å². The summed E-state index contributed by atoms with van der Waals surface area (Å²) in [5, 5.41) is 0. The fraction of sp³-hybridized carbons (Fsp3) is 0. The molecule has 0 saturated heterocycles. The highest BCUT2D eigenvalue weighted by atomic mass is 17.2. The molecular formula is C11H8N2O3. The Morgan fingerprint density at radius 1 is 1.06 bits per heavy atom. The molecule has 0 aliphatic rings. The quantitative estimate of drug-likeness (QED) is 0.576. The van der Waals surface area contributed by atoms with E-state index in [1.54, 1.807) is 24.3 Å². The minimum atomic E-state index is -0.565. The Hall–Kier alpha value is -2.43. The van der Waals surface area contributed by atoms with Crippen molar-refractivity contribution in [3.8, 4) is 5.75 Å². The van der Waals surface area contributed by atoms with Crippen LogP contribution in [0.5, 0.6) is 5.75 Å². The second kappa shape index (κ2) is 4.88. The van der Waals surface area contributed by atoms with Crippen molar-refractivity contribution in [2.45, 2.75) is 0 Å². The first kappa shape index (κ1) is 10.1. The number of benzene rings is 1. The van der Waals surface area contributed by atoms with E-state index in [-0.39, 0.29) is 5.75 Å². The Balaban J connectivity index is 1.95. The molecule has 0 radical (unpaired) electrons. The van der Waals surface area contributed by atoms with Gasteiger partial charge < -0.3 is 0 Å². The summed E-state index contributed by atoms with van der Waals surface area (Å²) < 4.78 is 0. The van der Waals surface area contributed by atoms with Gasteiger partial charge >= 0.3 is 5.97 Å². The monoisotopic (exact) mass is 216 g/mol. The summed E-state index contributed by atoms with van der Waals surface area (Å²) in [5.74, 6) is -0.295. The van der Waals surface area contributed by atoms with Crippen LogP contribution in [0.2, 0.25) is 0 Å². The smallest absolute Gasteiger partial charge is 0.283 e. The highest BCUT2D eigenvalue weighted by molar-refractivity contribution is 5.88. The van der Waals surface area contributed by atoms with Gasteiger partial charge in [0.2, 0.25) is 5.75 Å². The molecule has 0 atom stereocenters. The van der Waals surface area contributed by atoms with Gasteiger partial charge in [0.05, 0.1) is 18.0 Å². The molecule has 0 spiro atoms. The molecule has 0 saturated carbocycles. The number of rotatable bonds is 3. The van der Waals surface area contributed by atoms with Crippen molar-refractivity contribution in [2.75, 3.05) is 0 Å². The zero-order valence-corrected chi connectivity index (χ0v) is 8.24. The van der Waals surface area contributed by atoms with Crippen LogP contribution in [0.1, 0.15) is 10.4 Å². The molecule has 0 aliphatic carbocycles. The third-order valence-corrected chi connectivity index (χ3v) is 1.76. The van der Waals surface area contributed by atoms with Gasteiger partial charge in [-0.3, -0.25) is 4.89 Å². The predicted octanol–water partition coefficient (Wildman–Crippen LogP) is 1.63. The van der Waals surface area contributed by atoms with E-state index in [4.69, 9.17) is 4.89 Å². The number of hydrogen-bond acceptors (Lipinski definition) is 5. The zero-order valence-electron chi connectivity index (χ0n) is 8.24. The van der Waals surface area contributed by atoms with E-state index in [1.165, 1.54) is 18.7 Å². The lowest BCUT2D eigenvalue weighted by Crippen LogP contribution is -2.08. The molecule has 2 rings (SSSR count). The molecule has 5 heteroatoms. The lowest BCUT2D eigenvalue weighted by atomic mass is 10.2. The number of carbonyl (C=O) groups excluding carboxylic acids is 1. The van der Waals surface area contributed by atoms with Crippen LogP contribution in [0.3, 0.4) is 0 Å². The standard InChI is InChI=1S/C11H8N2O3/c14-11(9-4-2-1-3-5-9)16-15-10-6-12-8-13-7-10/h1-8H. The van der Waals surface area contributed by atoms with E-state index in [0.717, 1.165) is 0 Å². The SMILES string of the molecule is O=C(OOc1cncnc1)c1ccccc1. The Morgan fingerprint density at radius 3 is 2.44 bits per heavy atom. The molecule has 1 heterocycles. The van der Waals surface area contributed by atoms with Crippen LogP contribution in [0, 0.1) is 0 Å². The van der Waals surface area contributed by atoms with Crippen LogP contribution in [-0.4, -0.2) is 15.9 Å². The highest BCUT2D eigenvalue weighted by Crippen LogP contribution is 2.07. The zero-order chi connectivity index (χ0) is 11.2. The Labute approximate surface area is 91.6 Å². The van der Waals surface area contributed by atoms with E-state index in [1.807, 2.05) is 6.07 Å². The molecule has 0 N–H and O–H groups in total. The minimum Gasteiger partial charge on any atom is -0.283 e. The second-order valence-corrected chi connectivity index (χ2v) is 2.89. The van der Waals surface area contributed by atoms with Crippen molar-refractivity contribution < 1.29 is 14.6 Å². The van der Waals surface area contributed by atoms with Crippen molar-refractivity contribution in [3.63, 3.8) is 0 Å². The topological polar surface area (TPSA) is 61.3 Å². The number of aromatic nitrogens is 2. The molecule has 0 unspecified atom stereocenters. The fourth-order valence-electron chi connectivity index (χ4n) is 1.04. The van der Waals surface area contributed by atoms with Crippen molar-refractivity contribution in [2.24, 2.45) is 0 Å². The lowest BCUT2D eigenvalue weighted by molar-refractivity contribution is -0.150. The predicted molar refractivity (Wildman–Crippen MR) is 54.5 cm³/mol. The van der Waals surface area contributed by atoms with Crippen LogP contribution in [0.15, 0.2) is 49.1 Å². The van der Waals surface area contributed by atoms with E-state index >= 15 is 0 Å². The van der Waals surface area contributed by atoms with Gasteiger partial charge in [0, 0.05) is 0 Å². The Morgan fingerprint density at radius 2 is 1.75 bits per heavy atom. The van der Waals surface area contributed by atoms with Crippen LogP contribution in [0.4, 0.5) is 0 Å². The van der Waals surface area contributed by atoms with Crippen LogP contribution in [-0.2, 0) is 4.89 Å². The van der Waals surface area contributed by atoms with Crippen molar-refractivity contribution in [1.29, 1.82) is 0 Å². The first-order valence-electron chi connectivity index (χ1n) is 4.55. The maximum atomic E-state index is 11.4. The molecule has 1 aromatic heterocycles. The fourth-order valence-corrected chi connectivity index (χ4v) is 1.04. The summed E-state index contributed by atoms with van der Waals surface area (Å²) >= 11 is 0. The molecule has 0 fully saturated rings. The van der Waals surface area contributed by atoms with E-state index in [0.29, 0.717) is 5.56 Å². The number of hydrogen-bond donors (Lipinski definition) is 0. The summed E-state index contributed by atoms with van der Waals surface area (Å²) in [5.41, 5.74) is 0.416. The van der Waals surface area contributed by atoms with Gasteiger partial charge in [-0.1, -0.05) is 18.2 Å². The van der Waals surface area contributed by atoms with Gasteiger partial charge in [-0.05, 0) is 12.1 Å². The molecule has 80 valence electrons. The van der Waals surface area contributed by atoms with Crippen molar-refractivity contribution in [3.05, 3.63) is 54.6 Å². The highest BCUT2D eigenvalue weighted by Gasteiger charge is 2.07. The van der Waals surface area contributed by atoms with Gasteiger partial charge in [0.25, 0.3) is 0 Å². The number of nitrogens with zero attached hydrogens (tertiary/aromatic N) is 2. The average molecular weight is 216 g/mol. The summed E-state index contributed by atoms with van der Waals surface area (Å²) in [4.78, 5) is 28.2. The summed E-state index contributed by atoms with van der Waals surface area (Å²) in [7, 11) is 0. The Bertz CT molecular complexity index is 459. The van der Waals surface area contributed by atoms with Crippen LogP contribution in [0.25, 0.3) is 0 Å². The molecule has 2 aromatic rings. The number of carbonyl (C=O) groups is 1. The van der Waals surface area contributed by atoms with Gasteiger partial charge in [0.1, 0.15) is 6.33 Å². The first-order chi connectivity index (χ1) is 7.86. The minimum absolute atomic E-state index is 0.270. The molecule has 16 heavy (non-hydrogen) atoms. The average Bonchev–Trinajstić information content (AvgIpc) is 2.38. The third-order valence-electron chi connectivity index (χ3n) is 1.76. The normalized spacial score (nSPS) is 9.50. The first-order valence-corrected chi connectivity index (χ1v) is 4.55. The Kier molecular flexibility index (Phi) is 3.08. The van der Waals surface area contributed by atoms with E-state index in [9.17, 15) is 4.79 Å². The van der Waals surface area contributed by atoms with E-state index < -0.39 is 5.97 Å². The van der Waals surface area contributed by atoms with Crippen molar-refractivity contribution in [1.82, 2.24) is 9.97 Å². The molecule has 0 amide bonds. The van der Waals surface area contributed by atoms with Gasteiger partial charge in [0.15, 0.2) is 0 Å². The summed E-state index contributed by atoms with van der Waals surface area (Å²) in [6.45, 7) is 0. The maximum absolute atomic E-state index is 11.4. The van der Waals surface area contributed by atoms with Crippen LogP contribution >= 0.6 is 0 Å².